The SMILES string of the molecule is Cc1cnc(C(C)NC(=O)c2nc(Cl)ccc2Cl)o1. The standard InChI is InChI=1S/C12H11Cl2N3O2/c1-6-5-15-12(19-6)7(2)16-11(18)10-8(13)3-4-9(14)17-10/h3-5,7H,1-2H3,(H,16,18). The average Bonchev–Trinajstić information content (AvgIpc) is 2.79. The first kappa shape index (κ1) is 13.8. The Kier molecular flexibility index (Phi) is 4.07. The summed E-state index contributed by atoms with van der Waals surface area (Å²) in [4.78, 5) is 20.0. The second kappa shape index (κ2) is 5.59. The van der Waals surface area contributed by atoms with Gasteiger partial charge >= 0.3 is 0 Å². The third kappa shape index (κ3) is 3.24. The van der Waals surface area contributed by atoms with Gasteiger partial charge in [0, 0.05) is 0 Å². The molecule has 1 N–H and O–H groups in total. The molecule has 5 nitrogen and oxygen atoms in total. The summed E-state index contributed by atoms with van der Waals surface area (Å²) < 4.78 is 5.33. The number of pyridine rings is 1. The Balaban J connectivity index is 2.15. The van der Waals surface area contributed by atoms with Crippen LogP contribution in [-0.2, 0) is 0 Å². The van der Waals surface area contributed by atoms with Crippen LogP contribution in [0.1, 0.15) is 35.1 Å². The van der Waals surface area contributed by atoms with E-state index in [0.29, 0.717) is 11.7 Å². The van der Waals surface area contributed by atoms with Gasteiger partial charge in [-0.05, 0) is 26.0 Å². The normalized spacial score (nSPS) is 12.2. The molecule has 2 rings (SSSR count). The minimum absolute atomic E-state index is 0.0734. The van der Waals surface area contributed by atoms with Crippen molar-refractivity contribution in [2.75, 3.05) is 0 Å². The Hall–Kier alpha value is -1.59. The number of aryl methyl sites for hydroxylation is 1. The van der Waals surface area contributed by atoms with Gasteiger partial charge in [0.2, 0.25) is 5.89 Å². The molecule has 2 heterocycles. The van der Waals surface area contributed by atoms with Crippen LogP contribution in [0.25, 0.3) is 0 Å². The molecule has 7 heteroatoms. The molecule has 0 bridgehead atoms. The predicted octanol–water partition coefficient (Wildman–Crippen LogP) is 3.18. The summed E-state index contributed by atoms with van der Waals surface area (Å²) in [5.74, 6) is 0.662. The molecular weight excluding hydrogens is 289 g/mol. The van der Waals surface area contributed by atoms with Crippen molar-refractivity contribution < 1.29 is 9.21 Å². The summed E-state index contributed by atoms with van der Waals surface area (Å²) in [5, 5.41) is 3.13. The number of carbonyl (C=O) groups excluding carboxylic acids is 1. The number of halogens is 2. The second-order valence-electron chi connectivity index (χ2n) is 3.97. The molecule has 0 saturated heterocycles. The Morgan fingerprint density at radius 1 is 1.42 bits per heavy atom. The lowest BCUT2D eigenvalue weighted by molar-refractivity contribution is 0.0929. The van der Waals surface area contributed by atoms with Gasteiger partial charge in [0.05, 0.1) is 11.2 Å². The van der Waals surface area contributed by atoms with Crippen LogP contribution in [0.2, 0.25) is 10.2 Å². The van der Waals surface area contributed by atoms with Gasteiger partial charge in [-0.15, -0.1) is 0 Å². The largest absolute Gasteiger partial charge is 0.444 e. The minimum Gasteiger partial charge on any atom is -0.444 e. The molecule has 2 aromatic heterocycles. The number of nitrogens with one attached hydrogen (secondary N) is 1. The molecule has 1 amide bonds. The van der Waals surface area contributed by atoms with Crippen molar-refractivity contribution in [3.63, 3.8) is 0 Å². The summed E-state index contributed by atoms with van der Waals surface area (Å²) >= 11 is 11.6. The van der Waals surface area contributed by atoms with E-state index in [1.54, 1.807) is 20.0 Å². The van der Waals surface area contributed by atoms with Crippen LogP contribution in [0, 0.1) is 6.92 Å². The van der Waals surface area contributed by atoms with Gasteiger partial charge < -0.3 is 9.73 Å². The van der Waals surface area contributed by atoms with Gasteiger partial charge in [0.1, 0.15) is 22.6 Å². The van der Waals surface area contributed by atoms with E-state index in [2.05, 4.69) is 15.3 Å². The van der Waals surface area contributed by atoms with Crippen molar-refractivity contribution in [2.45, 2.75) is 19.9 Å². The third-order valence-electron chi connectivity index (χ3n) is 2.38. The van der Waals surface area contributed by atoms with Crippen LogP contribution < -0.4 is 5.32 Å². The number of hydrogen-bond donors (Lipinski definition) is 1. The van der Waals surface area contributed by atoms with Crippen LogP contribution in [0.3, 0.4) is 0 Å². The smallest absolute Gasteiger partial charge is 0.272 e. The summed E-state index contributed by atoms with van der Waals surface area (Å²) in [6.45, 7) is 3.53. The molecule has 0 radical (unpaired) electrons. The first-order valence-electron chi connectivity index (χ1n) is 5.52. The molecule has 0 aliphatic heterocycles. The van der Waals surface area contributed by atoms with E-state index < -0.39 is 11.9 Å². The first-order valence-corrected chi connectivity index (χ1v) is 6.28. The van der Waals surface area contributed by atoms with Crippen molar-refractivity contribution in [3.8, 4) is 0 Å². The quantitative estimate of drug-likeness (QED) is 0.884. The van der Waals surface area contributed by atoms with Crippen molar-refractivity contribution >= 4 is 29.1 Å². The number of amides is 1. The lowest BCUT2D eigenvalue weighted by Gasteiger charge is -2.10. The van der Waals surface area contributed by atoms with Gasteiger partial charge in [-0.1, -0.05) is 23.2 Å². The Morgan fingerprint density at radius 2 is 2.16 bits per heavy atom. The maximum Gasteiger partial charge on any atom is 0.272 e. The zero-order chi connectivity index (χ0) is 14.0. The van der Waals surface area contributed by atoms with E-state index in [0.717, 1.165) is 0 Å². The topological polar surface area (TPSA) is 68.0 Å². The molecule has 100 valence electrons. The van der Waals surface area contributed by atoms with Crippen LogP contribution in [0.5, 0.6) is 0 Å². The molecule has 0 spiro atoms. The predicted molar refractivity (Wildman–Crippen MR) is 71.4 cm³/mol. The number of oxazole rings is 1. The average molecular weight is 300 g/mol. The minimum atomic E-state index is -0.434. The summed E-state index contributed by atoms with van der Waals surface area (Å²) in [6.07, 6.45) is 1.59. The zero-order valence-electron chi connectivity index (χ0n) is 10.3. The molecule has 1 atom stereocenters. The van der Waals surface area contributed by atoms with E-state index in [9.17, 15) is 4.79 Å². The van der Waals surface area contributed by atoms with Crippen molar-refractivity contribution in [3.05, 3.63) is 45.9 Å². The highest BCUT2D eigenvalue weighted by molar-refractivity contribution is 6.34. The van der Waals surface area contributed by atoms with Gasteiger partial charge in [-0.25, -0.2) is 9.97 Å². The molecule has 1 unspecified atom stereocenters. The van der Waals surface area contributed by atoms with Crippen LogP contribution >= 0.6 is 23.2 Å². The van der Waals surface area contributed by atoms with Gasteiger partial charge in [-0.2, -0.15) is 0 Å². The molecule has 0 fully saturated rings. The number of carbonyl (C=O) groups is 1. The number of hydrogen-bond acceptors (Lipinski definition) is 4. The van der Waals surface area contributed by atoms with Crippen molar-refractivity contribution in [2.24, 2.45) is 0 Å². The highest BCUT2D eigenvalue weighted by Crippen LogP contribution is 2.18. The van der Waals surface area contributed by atoms with E-state index in [1.165, 1.54) is 12.1 Å². The summed E-state index contributed by atoms with van der Waals surface area (Å²) in [6, 6.07) is 2.64. The van der Waals surface area contributed by atoms with E-state index in [-0.39, 0.29) is 15.9 Å². The second-order valence-corrected chi connectivity index (χ2v) is 4.76. The summed E-state index contributed by atoms with van der Waals surface area (Å²) in [5.41, 5.74) is 0.0734. The molecule has 0 aliphatic carbocycles. The molecule has 19 heavy (non-hydrogen) atoms. The molecule has 0 aromatic carbocycles. The molecule has 0 aliphatic rings. The number of aromatic nitrogens is 2. The Bertz CT molecular complexity index is 613. The molecule has 0 saturated carbocycles. The third-order valence-corrected chi connectivity index (χ3v) is 2.90. The van der Waals surface area contributed by atoms with Gasteiger partial charge in [-0.3, -0.25) is 4.79 Å². The lowest BCUT2D eigenvalue weighted by atomic mass is 10.3. The van der Waals surface area contributed by atoms with E-state index in [4.69, 9.17) is 27.6 Å². The van der Waals surface area contributed by atoms with E-state index >= 15 is 0 Å². The van der Waals surface area contributed by atoms with Crippen LogP contribution in [0.4, 0.5) is 0 Å². The highest BCUT2D eigenvalue weighted by atomic mass is 35.5. The van der Waals surface area contributed by atoms with Crippen molar-refractivity contribution in [1.82, 2.24) is 15.3 Å². The molecule has 2 aromatic rings. The fourth-order valence-corrected chi connectivity index (χ4v) is 1.82. The maximum atomic E-state index is 12.0. The molecular formula is C12H11Cl2N3O2. The lowest BCUT2D eigenvalue weighted by Crippen LogP contribution is -2.28. The first-order chi connectivity index (χ1) is 8.97. The maximum absolute atomic E-state index is 12.0. The number of nitrogens with zero attached hydrogens (tertiary/aromatic N) is 2. The van der Waals surface area contributed by atoms with Crippen LogP contribution in [-0.4, -0.2) is 15.9 Å². The fourth-order valence-electron chi connectivity index (χ4n) is 1.48. The monoisotopic (exact) mass is 299 g/mol. The summed E-state index contributed by atoms with van der Waals surface area (Å²) in [7, 11) is 0. The number of rotatable bonds is 3. The van der Waals surface area contributed by atoms with Crippen LogP contribution in [0.15, 0.2) is 22.7 Å². The van der Waals surface area contributed by atoms with Crippen molar-refractivity contribution in [1.29, 1.82) is 0 Å². The highest BCUT2D eigenvalue weighted by Gasteiger charge is 2.18. The van der Waals surface area contributed by atoms with Gasteiger partial charge in [0.15, 0.2) is 0 Å². The Labute approximate surface area is 119 Å². The Morgan fingerprint density at radius 3 is 2.79 bits per heavy atom. The zero-order valence-corrected chi connectivity index (χ0v) is 11.8. The van der Waals surface area contributed by atoms with Gasteiger partial charge in [0.25, 0.3) is 5.91 Å². The van der Waals surface area contributed by atoms with E-state index in [1.807, 2.05) is 0 Å². The fraction of sp³-hybridized carbons (Fsp3) is 0.250.